The number of nitrogens with two attached hydrogens (primary N) is 1. The second kappa shape index (κ2) is 10.3. The number of rotatable bonds is 5. The van der Waals surface area contributed by atoms with E-state index in [1.807, 2.05) is 30.3 Å². The third kappa shape index (κ3) is 6.74. The van der Waals surface area contributed by atoms with Crippen molar-refractivity contribution >= 4 is 29.3 Å². The third-order valence-electron chi connectivity index (χ3n) is 4.00. The van der Waals surface area contributed by atoms with E-state index in [4.69, 9.17) is 21.8 Å². The molecule has 2 rings (SSSR count). The monoisotopic (exact) mass is 437 g/mol. The summed E-state index contributed by atoms with van der Waals surface area (Å²) in [7, 11) is 3.42. The van der Waals surface area contributed by atoms with Gasteiger partial charge in [-0.1, -0.05) is 36.4 Å². The first-order valence-corrected chi connectivity index (χ1v) is 9.79. The molecule has 32 heavy (non-hydrogen) atoms. The first-order chi connectivity index (χ1) is 15.0. The van der Waals surface area contributed by atoms with Crippen molar-refractivity contribution in [3.05, 3.63) is 65.0 Å². The molecule has 3 N–H and O–H groups in total. The van der Waals surface area contributed by atoms with Crippen LogP contribution in [0.5, 0.6) is 5.75 Å². The standard InChI is InChI=1S/C23H27N5O4/c1-23(2,3)32-22(30)27-21(24)26-20(29)18-17(31-14-15-10-8-7-9-11-15)13-12-16(25-4)19(18)28(5)6/h7-13H,14H2,1-3,5-6H3,(H3,24,26,27,29,30). The maximum Gasteiger partial charge on any atom is 0.437 e. The number of guanidine groups is 1. The third-order valence-corrected chi connectivity index (χ3v) is 4.00. The fourth-order valence-corrected chi connectivity index (χ4v) is 2.77. The lowest BCUT2D eigenvalue weighted by Crippen LogP contribution is -2.38. The number of nitrogens with zero attached hydrogens (tertiary/aromatic N) is 3. The van der Waals surface area contributed by atoms with Crippen molar-refractivity contribution in [2.45, 2.75) is 33.0 Å². The van der Waals surface area contributed by atoms with Gasteiger partial charge in [0.25, 0.3) is 5.91 Å². The Morgan fingerprint density at radius 1 is 1.16 bits per heavy atom. The molecule has 0 saturated heterocycles. The Labute approximate surface area is 187 Å². The number of hydrogen-bond donors (Lipinski definition) is 2. The van der Waals surface area contributed by atoms with Crippen molar-refractivity contribution in [3.63, 3.8) is 0 Å². The molecule has 0 aliphatic rings. The molecule has 0 aliphatic carbocycles. The van der Waals surface area contributed by atoms with E-state index in [0.29, 0.717) is 5.69 Å². The van der Waals surface area contributed by atoms with E-state index in [0.717, 1.165) is 5.56 Å². The van der Waals surface area contributed by atoms with E-state index in [1.54, 1.807) is 51.9 Å². The lowest BCUT2D eigenvalue weighted by atomic mass is 10.1. The molecule has 9 nitrogen and oxygen atoms in total. The van der Waals surface area contributed by atoms with Crippen molar-refractivity contribution in [2.75, 3.05) is 19.0 Å². The summed E-state index contributed by atoms with van der Waals surface area (Å²) in [5.41, 5.74) is 6.61. The van der Waals surface area contributed by atoms with Gasteiger partial charge in [0.05, 0.1) is 17.8 Å². The molecule has 0 heterocycles. The number of carbonyl (C=O) groups is 2. The fraction of sp³-hybridized carbons (Fsp3) is 0.304. The van der Waals surface area contributed by atoms with Crippen LogP contribution >= 0.6 is 0 Å². The summed E-state index contributed by atoms with van der Waals surface area (Å²) in [4.78, 5) is 33.7. The fourth-order valence-electron chi connectivity index (χ4n) is 2.77. The van der Waals surface area contributed by atoms with Gasteiger partial charge in [-0.05, 0) is 32.4 Å². The SMILES string of the molecule is [C-]#[N+]c1ccc(OCc2ccccc2)c(C(=O)NC(N)=NC(=O)OC(C)(C)C)c1N(C)C. The van der Waals surface area contributed by atoms with Crippen LogP contribution in [0.25, 0.3) is 4.85 Å². The average Bonchev–Trinajstić information content (AvgIpc) is 2.70. The zero-order chi connectivity index (χ0) is 23.9. The molecule has 168 valence electrons. The predicted molar refractivity (Wildman–Crippen MR) is 123 cm³/mol. The van der Waals surface area contributed by atoms with E-state index >= 15 is 0 Å². The molecular weight excluding hydrogens is 410 g/mol. The van der Waals surface area contributed by atoms with Crippen molar-refractivity contribution in [2.24, 2.45) is 10.7 Å². The number of anilines is 1. The number of carbonyl (C=O) groups excluding carboxylic acids is 2. The maximum absolute atomic E-state index is 13.1. The molecular formula is C23H27N5O4. The van der Waals surface area contributed by atoms with E-state index in [-0.39, 0.29) is 23.6 Å². The Morgan fingerprint density at radius 3 is 2.38 bits per heavy atom. The van der Waals surface area contributed by atoms with Crippen LogP contribution in [0.4, 0.5) is 16.2 Å². The Balaban J connectivity index is 2.38. The average molecular weight is 438 g/mol. The van der Waals surface area contributed by atoms with Crippen LogP contribution in [0.3, 0.4) is 0 Å². The summed E-state index contributed by atoms with van der Waals surface area (Å²) in [5, 5.41) is 2.38. The Morgan fingerprint density at radius 2 is 1.81 bits per heavy atom. The minimum absolute atomic E-state index is 0.0989. The molecule has 0 unspecified atom stereocenters. The first kappa shape index (κ1) is 24.2. The van der Waals surface area contributed by atoms with Crippen LogP contribution in [0.15, 0.2) is 47.5 Å². The number of aliphatic imine (C=N–C) groups is 1. The summed E-state index contributed by atoms with van der Waals surface area (Å²) in [6, 6.07) is 12.6. The molecule has 2 aromatic carbocycles. The van der Waals surface area contributed by atoms with Crippen LogP contribution in [-0.4, -0.2) is 37.7 Å². The van der Waals surface area contributed by atoms with E-state index in [9.17, 15) is 9.59 Å². The molecule has 0 aromatic heterocycles. The number of benzene rings is 2. The molecule has 0 spiro atoms. The predicted octanol–water partition coefficient (Wildman–Crippen LogP) is 3.86. The summed E-state index contributed by atoms with van der Waals surface area (Å²) < 4.78 is 11.0. The molecule has 0 atom stereocenters. The Hall–Kier alpha value is -4.06. The van der Waals surface area contributed by atoms with Crippen LogP contribution in [0.1, 0.15) is 36.7 Å². The summed E-state index contributed by atoms with van der Waals surface area (Å²) in [5.74, 6) is -0.851. The van der Waals surface area contributed by atoms with Crippen LogP contribution in [0.2, 0.25) is 0 Å². The molecule has 2 amide bonds. The van der Waals surface area contributed by atoms with Crippen LogP contribution in [0, 0.1) is 6.57 Å². The lowest BCUT2D eigenvalue weighted by molar-refractivity contribution is 0.0604. The van der Waals surface area contributed by atoms with Crippen molar-refractivity contribution in [1.82, 2.24) is 5.32 Å². The molecule has 0 fully saturated rings. The largest absolute Gasteiger partial charge is 0.488 e. The Kier molecular flexibility index (Phi) is 7.80. The van der Waals surface area contributed by atoms with Gasteiger partial charge in [-0.2, -0.15) is 0 Å². The highest BCUT2D eigenvalue weighted by Crippen LogP contribution is 2.37. The quantitative estimate of drug-likeness (QED) is 0.417. The molecule has 0 bridgehead atoms. The van der Waals surface area contributed by atoms with E-state index in [2.05, 4.69) is 15.2 Å². The van der Waals surface area contributed by atoms with Gasteiger partial charge in [0.2, 0.25) is 11.6 Å². The molecule has 0 radical (unpaired) electrons. The zero-order valence-corrected chi connectivity index (χ0v) is 18.8. The number of amides is 2. The first-order valence-electron chi connectivity index (χ1n) is 9.79. The number of ether oxygens (including phenoxy) is 2. The Bertz CT molecular complexity index is 1050. The van der Waals surface area contributed by atoms with Crippen LogP contribution < -0.4 is 20.7 Å². The summed E-state index contributed by atoms with van der Waals surface area (Å²) >= 11 is 0. The second-order valence-corrected chi connectivity index (χ2v) is 8.02. The topological polar surface area (TPSA) is 111 Å². The van der Waals surface area contributed by atoms with Gasteiger partial charge < -0.3 is 20.1 Å². The molecule has 9 heteroatoms. The van der Waals surface area contributed by atoms with Gasteiger partial charge in [0.15, 0.2) is 0 Å². The van der Waals surface area contributed by atoms with Gasteiger partial charge >= 0.3 is 6.09 Å². The molecule has 0 aliphatic heterocycles. The van der Waals surface area contributed by atoms with Gasteiger partial charge in [-0.3, -0.25) is 10.1 Å². The highest BCUT2D eigenvalue weighted by atomic mass is 16.6. The lowest BCUT2D eigenvalue weighted by Gasteiger charge is -2.22. The molecule has 2 aromatic rings. The maximum atomic E-state index is 13.1. The zero-order valence-electron chi connectivity index (χ0n) is 18.8. The summed E-state index contributed by atoms with van der Waals surface area (Å²) in [6.07, 6.45) is -0.932. The summed E-state index contributed by atoms with van der Waals surface area (Å²) in [6.45, 7) is 12.7. The minimum atomic E-state index is -0.932. The van der Waals surface area contributed by atoms with E-state index < -0.39 is 23.6 Å². The highest BCUT2D eigenvalue weighted by molar-refractivity contribution is 6.12. The second-order valence-electron chi connectivity index (χ2n) is 8.02. The minimum Gasteiger partial charge on any atom is -0.488 e. The van der Waals surface area contributed by atoms with E-state index in [1.165, 1.54) is 0 Å². The number of hydrogen-bond acceptors (Lipinski definition) is 5. The van der Waals surface area contributed by atoms with Gasteiger partial charge in [-0.15, -0.1) is 4.99 Å². The number of nitrogens with one attached hydrogen (secondary N) is 1. The highest BCUT2D eigenvalue weighted by Gasteiger charge is 2.24. The molecule has 0 saturated carbocycles. The van der Waals surface area contributed by atoms with Gasteiger partial charge in [0.1, 0.15) is 18.0 Å². The smallest absolute Gasteiger partial charge is 0.437 e. The van der Waals surface area contributed by atoms with Crippen molar-refractivity contribution < 1.29 is 19.1 Å². The van der Waals surface area contributed by atoms with Gasteiger partial charge in [0, 0.05) is 14.1 Å². The van der Waals surface area contributed by atoms with Gasteiger partial charge in [-0.25, -0.2) is 9.64 Å². The van der Waals surface area contributed by atoms with Crippen molar-refractivity contribution in [3.8, 4) is 5.75 Å². The van der Waals surface area contributed by atoms with Crippen LogP contribution in [-0.2, 0) is 11.3 Å². The normalized spacial score (nSPS) is 11.3. The van der Waals surface area contributed by atoms with Crippen molar-refractivity contribution in [1.29, 1.82) is 0 Å².